The van der Waals surface area contributed by atoms with E-state index in [4.69, 9.17) is 5.11 Å². The average molecular weight is 285 g/mol. The van der Waals surface area contributed by atoms with Gasteiger partial charge in [0.15, 0.2) is 5.43 Å². The number of hydrogen-bond acceptors (Lipinski definition) is 2. The summed E-state index contributed by atoms with van der Waals surface area (Å²) < 4.78 is 2.04. The number of nitrogens with zero attached hydrogens (tertiary/aromatic N) is 1. The van der Waals surface area contributed by atoms with E-state index in [-0.39, 0.29) is 17.9 Å². The van der Waals surface area contributed by atoms with Crippen LogP contribution < -0.4 is 5.43 Å². The molecular weight excluding hydrogens is 266 g/mol. The number of rotatable bonds is 5. The minimum absolute atomic E-state index is 0.0219. The van der Waals surface area contributed by atoms with Gasteiger partial charge in [-0.05, 0) is 25.8 Å². The van der Waals surface area contributed by atoms with Gasteiger partial charge in [0.05, 0.1) is 6.04 Å². The Kier molecular flexibility index (Phi) is 4.58. The van der Waals surface area contributed by atoms with Crippen molar-refractivity contribution in [1.29, 1.82) is 0 Å². The zero-order valence-electron chi connectivity index (χ0n) is 12.2. The first kappa shape index (κ1) is 15.0. The van der Waals surface area contributed by atoms with Crippen LogP contribution in [0.4, 0.5) is 0 Å². The predicted molar refractivity (Wildman–Crippen MR) is 81.6 cm³/mol. The quantitative estimate of drug-likeness (QED) is 0.919. The molecule has 0 aliphatic carbocycles. The SMILES string of the molecule is Cc1cc(=O)cc(C)n1C(CCC(=O)O)c1ccccc1. The van der Waals surface area contributed by atoms with Gasteiger partial charge in [-0.2, -0.15) is 0 Å². The molecule has 0 bridgehead atoms. The lowest BCUT2D eigenvalue weighted by Gasteiger charge is -2.25. The van der Waals surface area contributed by atoms with Crippen molar-refractivity contribution in [3.8, 4) is 0 Å². The monoisotopic (exact) mass is 285 g/mol. The number of carboxylic acids is 1. The standard InChI is InChI=1S/C17H19NO3/c1-12-10-15(19)11-13(2)18(12)16(8-9-17(20)21)14-6-4-3-5-7-14/h3-7,10-11,16H,8-9H2,1-2H3,(H,20,21). The molecule has 2 rings (SSSR count). The van der Waals surface area contributed by atoms with Crippen LogP contribution in [0.25, 0.3) is 0 Å². The fraction of sp³-hybridized carbons (Fsp3) is 0.294. The normalized spacial score (nSPS) is 12.1. The summed E-state index contributed by atoms with van der Waals surface area (Å²) in [7, 11) is 0. The van der Waals surface area contributed by atoms with Gasteiger partial charge in [-0.1, -0.05) is 30.3 Å². The molecule has 1 aromatic heterocycles. The lowest BCUT2D eigenvalue weighted by Crippen LogP contribution is -2.20. The third-order valence-electron chi connectivity index (χ3n) is 3.59. The fourth-order valence-corrected chi connectivity index (χ4v) is 2.74. The van der Waals surface area contributed by atoms with Gasteiger partial charge in [-0.25, -0.2) is 0 Å². The summed E-state index contributed by atoms with van der Waals surface area (Å²) in [6.45, 7) is 3.76. The largest absolute Gasteiger partial charge is 0.481 e. The third kappa shape index (κ3) is 3.60. The van der Waals surface area contributed by atoms with Crippen molar-refractivity contribution >= 4 is 5.97 Å². The van der Waals surface area contributed by atoms with E-state index < -0.39 is 5.97 Å². The van der Waals surface area contributed by atoms with Crippen LogP contribution in [0.1, 0.15) is 35.8 Å². The summed E-state index contributed by atoms with van der Waals surface area (Å²) in [5, 5.41) is 8.98. The van der Waals surface area contributed by atoms with Crippen molar-refractivity contribution in [1.82, 2.24) is 4.57 Å². The molecule has 1 atom stereocenters. The number of aliphatic carboxylic acids is 1. The number of carbonyl (C=O) groups is 1. The number of aryl methyl sites for hydroxylation is 2. The topological polar surface area (TPSA) is 59.3 Å². The van der Waals surface area contributed by atoms with Gasteiger partial charge >= 0.3 is 5.97 Å². The molecule has 1 aromatic carbocycles. The first-order valence-electron chi connectivity index (χ1n) is 6.95. The molecule has 0 aliphatic heterocycles. The lowest BCUT2D eigenvalue weighted by atomic mass is 10.0. The maximum absolute atomic E-state index is 11.6. The first-order valence-corrected chi connectivity index (χ1v) is 6.95. The van der Waals surface area contributed by atoms with Crippen molar-refractivity contribution < 1.29 is 9.90 Å². The molecule has 0 saturated carbocycles. The first-order chi connectivity index (χ1) is 9.99. The lowest BCUT2D eigenvalue weighted by molar-refractivity contribution is -0.137. The Bertz CT molecular complexity index is 663. The Hall–Kier alpha value is -2.36. The molecule has 4 heteroatoms. The molecule has 0 fully saturated rings. The van der Waals surface area contributed by atoms with Crippen LogP contribution in [0, 0.1) is 13.8 Å². The van der Waals surface area contributed by atoms with Crippen molar-refractivity contribution in [3.63, 3.8) is 0 Å². The Balaban J connectivity index is 2.50. The smallest absolute Gasteiger partial charge is 0.303 e. The second-order valence-corrected chi connectivity index (χ2v) is 5.20. The van der Waals surface area contributed by atoms with Gasteiger partial charge in [0.2, 0.25) is 0 Å². The maximum Gasteiger partial charge on any atom is 0.303 e. The highest BCUT2D eigenvalue weighted by molar-refractivity contribution is 5.66. The molecule has 110 valence electrons. The molecule has 0 radical (unpaired) electrons. The number of hydrogen-bond donors (Lipinski definition) is 1. The molecule has 0 spiro atoms. The van der Waals surface area contributed by atoms with E-state index in [2.05, 4.69) is 0 Å². The van der Waals surface area contributed by atoms with E-state index in [1.807, 2.05) is 48.7 Å². The molecule has 0 saturated heterocycles. The van der Waals surface area contributed by atoms with Gasteiger partial charge in [-0.3, -0.25) is 9.59 Å². The molecule has 21 heavy (non-hydrogen) atoms. The van der Waals surface area contributed by atoms with E-state index in [9.17, 15) is 9.59 Å². The zero-order chi connectivity index (χ0) is 15.4. The van der Waals surface area contributed by atoms with Crippen LogP contribution in [0.2, 0.25) is 0 Å². The van der Waals surface area contributed by atoms with E-state index in [0.717, 1.165) is 17.0 Å². The minimum atomic E-state index is -0.813. The van der Waals surface area contributed by atoms with Crippen LogP contribution >= 0.6 is 0 Å². The molecular formula is C17H19NO3. The highest BCUT2D eigenvalue weighted by Crippen LogP contribution is 2.26. The predicted octanol–water partition coefficient (Wildman–Crippen LogP) is 2.92. The second-order valence-electron chi connectivity index (χ2n) is 5.20. The highest BCUT2D eigenvalue weighted by Gasteiger charge is 2.17. The molecule has 1 unspecified atom stereocenters. The highest BCUT2D eigenvalue weighted by atomic mass is 16.4. The van der Waals surface area contributed by atoms with Crippen molar-refractivity contribution in [2.24, 2.45) is 0 Å². The number of pyridine rings is 1. The summed E-state index contributed by atoms with van der Waals surface area (Å²) in [6, 6.07) is 12.9. The summed E-state index contributed by atoms with van der Waals surface area (Å²) >= 11 is 0. The van der Waals surface area contributed by atoms with Crippen LogP contribution in [-0.2, 0) is 4.79 Å². The minimum Gasteiger partial charge on any atom is -0.481 e. The van der Waals surface area contributed by atoms with Gasteiger partial charge in [0.1, 0.15) is 0 Å². The number of aromatic nitrogens is 1. The van der Waals surface area contributed by atoms with Crippen LogP contribution in [0.3, 0.4) is 0 Å². The molecule has 1 heterocycles. The summed E-state index contributed by atoms with van der Waals surface area (Å²) in [6.07, 6.45) is 0.578. The van der Waals surface area contributed by atoms with Crippen LogP contribution in [0.5, 0.6) is 0 Å². The van der Waals surface area contributed by atoms with E-state index in [0.29, 0.717) is 6.42 Å². The van der Waals surface area contributed by atoms with Gasteiger partial charge in [0.25, 0.3) is 0 Å². The van der Waals surface area contributed by atoms with Crippen LogP contribution in [0.15, 0.2) is 47.3 Å². The maximum atomic E-state index is 11.6. The summed E-state index contributed by atoms with van der Waals surface area (Å²) in [5.74, 6) is -0.813. The zero-order valence-corrected chi connectivity index (χ0v) is 12.2. The van der Waals surface area contributed by atoms with E-state index in [1.54, 1.807) is 12.1 Å². The van der Waals surface area contributed by atoms with Crippen molar-refractivity contribution in [3.05, 3.63) is 69.6 Å². The summed E-state index contributed by atoms with van der Waals surface area (Å²) in [4.78, 5) is 22.5. The Morgan fingerprint density at radius 1 is 1.14 bits per heavy atom. The molecule has 2 aromatic rings. The van der Waals surface area contributed by atoms with Crippen molar-refractivity contribution in [2.75, 3.05) is 0 Å². The van der Waals surface area contributed by atoms with Gasteiger partial charge in [0, 0.05) is 29.9 Å². The van der Waals surface area contributed by atoms with Crippen LogP contribution in [-0.4, -0.2) is 15.6 Å². The fourth-order valence-electron chi connectivity index (χ4n) is 2.74. The summed E-state index contributed by atoms with van der Waals surface area (Å²) in [5.41, 5.74) is 2.72. The second kappa shape index (κ2) is 6.39. The van der Waals surface area contributed by atoms with E-state index >= 15 is 0 Å². The Morgan fingerprint density at radius 2 is 1.71 bits per heavy atom. The molecule has 1 N–H and O–H groups in total. The molecule has 0 amide bonds. The third-order valence-corrected chi connectivity index (χ3v) is 3.59. The number of benzene rings is 1. The number of carboxylic acid groups (broad SMARTS) is 1. The van der Waals surface area contributed by atoms with Gasteiger partial charge < -0.3 is 9.67 Å². The van der Waals surface area contributed by atoms with E-state index in [1.165, 1.54) is 0 Å². The Morgan fingerprint density at radius 3 is 2.24 bits per heavy atom. The van der Waals surface area contributed by atoms with Crippen molar-refractivity contribution in [2.45, 2.75) is 32.7 Å². The molecule has 4 nitrogen and oxygen atoms in total. The molecule has 0 aliphatic rings. The Labute approximate surface area is 123 Å². The average Bonchev–Trinajstić information content (AvgIpc) is 2.42. The van der Waals surface area contributed by atoms with Gasteiger partial charge in [-0.15, -0.1) is 0 Å².